The van der Waals surface area contributed by atoms with E-state index in [1.165, 1.54) is 25.7 Å². The van der Waals surface area contributed by atoms with Gasteiger partial charge in [0, 0.05) is 43.7 Å². The summed E-state index contributed by atoms with van der Waals surface area (Å²) in [7, 11) is 0. The Morgan fingerprint density at radius 3 is 2.42 bits per heavy atom. The minimum atomic E-state index is 0.240. The molecule has 0 aromatic carbocycles. The predicted molar refractivity (Wildman–Crippen MR) is 92.7 cm³/mol. The Morgan fingerprint density at radius 1 is 1.08 bits per heavy atom. The Kier molecular flexibility index (Phi) is 4.72. The summed E-state index contributed by atoms with van der Waals surface area (Å²) in [4.78, 5) is 19.0. The van der Waals surface area contributed by atoms with Crippen molar-refractivity contribution in [1.82, 2.24) is 9.88 Å². The summed E-state index contributed by atoms with van der Waals surface area (Å²) in [5.74, 6) is 2.10. The second-order valence-corrected chi connectivity index (χ2v) is 7.77. The first-order chi connectivity index (χ1) is 11.8. The van der Waals surface area contributed by atoms with E-state index in [-0.39, 0.29) is 6.10 Å². The van der Waals surface area contributed by atoms with Crippen molar-refractivity contribution in [2.75, 3.05) is 0 Å². The van der Waals surface area contributed by atoms with Crippen LogP contribution in [0.3, 0.4) is 0 Å². The largest absolute Gasteiger partial charge is 0.490 e. The van der Waals surface area contributed by atoms with Crippen molar-refractivity contribution in [2.24, 2.45) is 5.92 Å². The molecule has 0 radical (unpaired) electrons. The quantitative estimate of drug-likeness (QED) is 0.822. The number of amides is 1. The molecule has 1 aromatic rings. The van der Waals surface area contributed by atoms with Gasteiger partial charge in [0.1, 0.15) is 11.9 Å². The number of carbonyl (C=O) groups excluding carboxylic acids is 1. The van der Waals surface area contributed by atoms with Crippen LogP contribution in [0.25, 0.3) is 0 Å². The highest BCUT2D eigenvalue weighted by Gasteiger charge is 2.43. The number of carbonyl (C=O) groups is 1. The van der Waals surface area contributed by atoms with E-state index in [9.17, 15) is 4.79 Å². The maximum absolute atomic E-state index is 12.8. The highest BCUT2D eigenvalue weighted by Crippen LogP contribution is 2.38. The van der Waals surface area contributed by atoms with E-state index >= 15 is 0 Å². The Labute approximate surface area is 144 Å². The third-order valence-corrected chi connectivity index (χ3v) is 6.17. The number of ether oxygens (including phenoxy) is 1. The summed E-state index contributed by atoms with van der Waals surface area (Å²) in [5, 5.41) is 0. The van der Waals surface area contributed by atoms with Crippen LogP contribution in [0.2, 0.25) is 0 Å². The minimum Gasteiger partial charge on any atom is -0.490 e. The van der Waals surface area contributed by atoms with Crippen molar-refractivity contribution in [3.05, 3.63) is 24.5 Å². The zero-order valence-electron chi connectivity index (χ0n) is 14.4. The lowest BCUT2D eigenvalue weighted by Crippen LogP contribution is -2.49. The number of aromatic nitrogens is 1. The summed E-state index contributed by atoms with van der Waals surface area (Å²) >= 11 is 0. The highest BCUT2D eigenvalue weighted by molar-refractivity contribution is 5.77. The van der Waals surface area contributed by atoms with E-state index in [4.69, 9.17) is 4.74 Å². The van der Waals surface area contributed by atoms with Gasteiger partial charge in [-0.05, 0) is 37.3 Å². The molecule has 3 aliphatic rings. The zero-order valence-corrected chi connectivity index (χ0v) is 14.4. The standard InChI is InChI=1S/C20H28N2O2/c23-20(8-5-15-3-1-2-4-15)22-16-6-7-17(22)14-19(13-16)24-18-9-11-21-12-10-18/h9-12,15-17,19H,1-8,13-14H2. The molecule has 2 atom stereocenters. The SMILES string of the molecule is O=C(CCC1CCCC1)N1C2CCC1CC(Oc1ccncc1)C2. The number of hydrogen-bond donors (Lipinski definition) is 0. The van der Waals surface area contributed by atoms with Crippen LogP contribution in [0.5, 0.6) is 5.75 Å². The molecular formula is C20H28N2O2. The van der Waals surface area contributed by atoms with E-state index in [1.807, 2.05) is 12.1 Å². The van der Waals surface area contributed by atoms with Gasteiger partial charge in [-0.3, -0.25) is 9.78 Å². The number of fused-ring (bicyclic) bond motifs is 2. The molecule has 2 aliphatic heterocycles. The normalized spacial score (nSPS) is 29.8. The Balaban J connectivity index is 1.32. The highest BCUT2D eigenvalue weighted by atomic mass is 16.5. The molecule has 3 heterocycles. The van der Waals surface area contributed by atoms with Crippen molar-refractivity contribution in [3.63, 3.8) is 0 Å². The fourth-order valence-electron chi connectivity index (χ4n) is 5.00. The van der Waals surface area contributed by atoms with Gasteiger partial charge in [0.15, 0.2) is 0 Å². The van der Waals surface area contributed by atoms with Gasteiger partial charge in [-0.1, -0.05) is 25.7 Å². The number of hydrogen-bond acceptors (Lipinski definition) is 3. The van der Waals surface area contributed by atoms with Crippen LogP contribution in [0.15, 0.2) is 24.5 Å². The molecule has 2 unspecified atom stereocenters. The zero-order chi connectivity index (χ0) is 16.4. The summed E-state index contributed by atoms with van der Waals surface area (Å²) in [6.45, 7) is 0. The molecule has 4 nitrogen and oxygen atoms in total. The lowest BCUT2D eigenvalue weighted by Gasteiger charge is -2.39. The van der Waals surface area contributed by atoms with Gasteiger partial charge in [0.25, 0.3) is 0 Å². The fourth-order valence-corrected chi connectivity index (χ4v) is 5.00. The molecule has 0 N–H and O–H groups in total. The first-order valence-corrected chi connectivity index (χ1v) is 9.67. The minimum absolute atomic E-state index is 0.240. The average molecular weight is 328 g/mol. The number of pyridine rings is 1. The summed E-state index contributed by atoms with van der Waals surface area (Å²) in [5.41, 5.74) is 0. The monoisotopic (exact) mass is 328 g/mol. The topological polar surface area (TPSA) is 42.4 Å². The van der Waals surface area contributed by atoms with E-state index in [2.05, 4.69) is 9.88 Å². The van der Waals surface area contributed by atoms with Crippen LogP contribution in [0.4, 0.5) is 0 Å². The van der Waals surface area contributed by atoms with Crippen molar-refractivity contribution >= 4 is 5.91 Å². The summed E-state index contributed by atoms with van der Waals surface area (Å²) in [6, 6.07) is 4.63. The van der Waals surface area contributed by atoms with Gasteiger partial charge in [-0.25, -0.2) is 0 Å². The third-order valence-electron chi connectivity index (χ3n) is 6.17. The number of piperidine rings is 1. The first-order valence-electron chi connectivity index (χ1n) is 9.67. The molecule has 1 amide bonds. The Hall–Kier alpha value is -1.58. The molecule has 0 spiro atoms. The molecule has 1 aromatic heterocycles. The van der Waals surface area contributed by atoms with Crippen molar-refractivity contribution in [3.8, 4) is 5.75 Å². The molecule has 2 saturated heterocycles. The van der Waals surface area contributed by atoms with Gasteiger partial charge in [-0.2, -0.15) is 0 Å². The van der Waals surface area contributed by atoms with E-state index in [1.54, 1.807) is 12.4 Å². The van der Waals surface area contributed by atoms with Crippen molar-refractivity contribution < 1.29 is 9.53 Å². The predicted octanol–water partition coefficient (Wildman–Crippen LogP) is 3.95. The van der Waals surface area contributed by atoms with Crippen molar-refractivity contribution in [1.29, 1.82) is 0 Å². The molecule has 4 heteroatoms. The first kappa shape index (κ1) is 15.9. The van der Waals surface area contributed by atoms with Crippen LogP contribution in [0.1, 0.15) is 64.2 Å². The summed E-state index contributed by atoms with van der Waals surface area (Å²) < 4.78 is 6.13. The van der Waals surface area contributed by atoms with Crippen molar-refractivity contribution in [2.45, 2.75) is 82.4 Å². The van der Waals surface area contributed by atoms with Crippen LogP contribution in [-0.4, -0.2) is 34.0 Å². The molecule has 1 aliphatic carbocycles. The second kappa shape index (κ2) is 7.12. The Bertz CT molecular complexity index is 542. The van der Waals surface area contributed by atoms with Crippen LogP contribution in [0, 0.1) is 5.92 Å². The maximum atomic E-state index is 12.8. The smallest absolute Gasteiger partial charge is 0.223 e. The number of nitrogens with zero attached hydrogens (tertiary/aromatic N) is 2. The average Bonchev–Trinajstić information content (AvgIpc) is 3.20. The fraction of sp³-hybridized carbons (Fsp3) is 0.700. The van der Waals surface area contributed by atoms with Gasteiger partial charge in [0.2, 0.25) is 5.91 Å². The van der Waals surface area contributed by atoms with Crippen LogP contribution in [-0.2, 0) is 4.79 Å². The Morgan fingerprint density at radius 2 is 1.75 bits per heavy atom. The van der Waals surface area contributed by atoms with Gasteiger partial charge in [-0.15, -0.1) is 0 Å². The van der Waals surface area contributed by atoms with Gasteiger partial charge >= 0.3 is 0 Å². The number of rotatable bonds is 5. The lowest BCUT2D eigenvalue weighted by molar-refractivity contribution is -0.137. The van der Waals surface area contributed by atoms with Gasteiger partial charge in [0.05, 0.1) is 0 Å². The molecule has 4 rings (SSSR count). The summed E-state index contributed by atoms with van der Waals surface area (Å²) in [6.07, 6.45) is 15.3. The molecule has 1 saturated carbocycles. The maximum Gasteiger partial charge on any atom is 0.223 e. The van der Waals surface area contributed by atoms with E-state index in [0.29, 0.717) is 18.0 Å². The van der Waals surface area contributed by atoms with E-state index < -0.39 is 0 Å². The van der Waals surface area contributed by atoms with Crippen LogP contribution >= 0.6 is 0 Å². The molecule has 24 heavy (non-hydrogen) atoms. The third kappa shape index (κ3) is 3.42. The van der Waals surface area contributed by atoms with Gasteiger partial charge < -0.3 is 9.64 Å². The molecule has 2 bridgehead atoms. The lowest BCUT2D eigenvalue weighted by atomic mass is 9.97. The second-order valence-electron chi connectivity index (χ2n) is 7.77. The van der Waals surface area contributed by atoms with E-state index in [0.717, 1.165) is 50.2 Å². The van der Waals surface area contributed by atoms with Crippen LogP contribution < -0.4 is 4.74 Å². The molecular weight excluding hydrogens is 300 g/mol. The molecule has 3 fully saturated rings. The molecule has 130 valence electrons.